The Morgan fingerprint density at radius 3 is 2.68 bits per heavy atom. The van der Waals surface area contributed by atoms with Gasteiger partial charge in [-0.2, -0.15) is 18.2 Å². The Bertz CT molecular complexity index is 1560. The zero-order chi connectivity index (χ0) is 26.8. The average molecular weight is 535 g/mol. The van der Waals surface area contributed by atoms with Crippen molar-refractivity contribution in [2.45, 2.75) is 50.6 Å². The van der Waals surface area contributed by atoms with E-state index in [2.05, 4.69) is 15.3 Å². The predicted molar refractivity (Wildman–Crippen MR) is 125 cm³/mol. The summed E-state index contributed by atoms with van der Waals surface area (Å²) >= 11 is 0. The van der Waals surface area contributed by atoms with Gasteiger partial charge in [0.2, 0.25) is 5.95 Å². The van der Waals surface area contributed by atoms with Crippen molar-refractivity contribution >= 4 is 23.1 Å². The zero-order valence-electron chi connectivity index (χ0n) is 20.3. The van der Waals surface area contributed by atoms with E-state index in [1.807, 2.05) is 0 Å². The summed E-state index contributed by atoms with van der Waals surface area (Å²) in [6.45, 7) is 1.56. The third-order valence-corrected chi connectivity index (χ3v) is 7.39. The number of alkyl halides is 3. The van der Waals surface area contributed by atoms with E-state index in [0.717, 1.165) is 39.5 Å². The highest BCUT2D eigenvalue weighted by Crippen LogP contribution is 2.37. The summed E-state index contributed by atoms with van der Waals surface area (Å²) in [4.78, 5) is 49.6. The molecule has 0 aromatic carbocycles. The van der Waals surface area contributed by atoms with Gasteiger partial charge in [-0.25, -0.2) is 14.6 Å². The molecule has 3 aliphatic rings. The summed E-state index contributed by atoms with van der Waals surface area (Å²) in [6.07, 6.45) is -1.37. The first-order chi connectivity index (χ1) is 18.2. The van der Waals surface area contributed by atoms with E-state index in [0.29, 0.717) is 38.9 Å². The van der Waals surface area contributed by atoms with Crippen molar-refractivity contribution in [2.75, 3.05) is 24.5 Å². The number of esters is 1. The summed E-state index contributed by atoms with van der Waals surface area (Å²) in [5, 5.41) is 3.23. The third-order valence-electron chi connectivity index (χ3n) is 7.39. The molecule has 1 aliphatic carbocycles. The SMILES string of the molecule is Cn1c(=O)n(C2CCCC2)c(=O)c2c1nc(N1CCC3=C1CNC3)n2C(OC(=O)C(F)(F)F)c1ncco1. The van der Waals surface area contributed by atoms with Crippen LogP contribution in [-0.2, 0) is 16.6 Å². The van der Waals surface area contributed by atoms with Gasteiger partial charge in [0.25, 0.3) is 17.7 Å². The molecule has 0 amide bonds. The van der Waals surface area contributed by atoms with Gasteiger partial charge < -0.3 is 19.4 Å². The molecule has 2 aliphatic heterocycles. The minimum Gasteiger partial charge on any atom is -0.444 e. The van der Waals surface area contributed by atoms with Crippen LogP contribution in [0.1, 0.15) is 50.3 Å². The van der Waals surface area contributed by atoms with Crippen LogP contribution in [0.2, 0.25) is 0 Å². The maximum atomic E-state index is 14.0. The van der Waals surface area contributed by atoms with Crippen LogP contribution < -0.4 is 21.5 Å². The second-order valence-corrected chi connectivity index (χ2v) is 9.59. The van der Waals surface area contributed by atoms with Gasteiger partial charge in [0.15, 0.2) is 11.2 Å². The minimum absolute atomic E-state index is 0.0446. The summed E-state index contributed by atoms with van der Waals surface area (Å²) in [5.74, 6) is -2.83. The Kier molecular flexibility index (Phi) is 5.70. The van der Waals surface area contributed by atoms with Gasteiger partial charge in [-0.15, -0.1) is 0 Å². The normalized spacial score (nSPS) is 19.1. The number of carbonyl (C=O) groups is 1. The van der Waals surface area contributed by atoms with Gasteiger partial charge in [0.05, 0.1) is 6.20 Å². The number of aryl methyl sites for hydroxylation is 1. The maximum absolute atomic E-state index is 14.0. The number of nitrogens with one attached hydrogen (secondary N) is 1. The third kappa shape index (κ3) is 3.75. The number of oxazole rings is 1. The molecule has 38 heavy (non-hydrogen) atoms. The van der Waals surface area contributed by atoms with Crippen LogP contribution in [0.4, 0.5) is 19.1 Å². The summed E-state index contributed by atoms with van der Waals surface area (Å²) in [5.41, 5.74) is 0.411. The van der Waals surface area contributed by atoms with Gasteiger partial charge >= 0.3 is 17.8 Å². The Morgan fingerprint density at radius 1 is 1.24 bits per heavy atom. The monoisotopic (exact) mass is 535 g/mol. The van der Waals surface area contributed by atoms with Crippen molar-refractivity contribution in [1.82, 2.24) is 29.0 Å². The molecule has 6 rings (SSSR count). The molecule has 3 aromatic rings. The van der Waals surface area contributed by atoms with Crippen LogP contribution in [-0.4, -0.2) is 55.4 Å². The molecule has 15 heteroatoms. The van der Waals surface area contributed by atoms with Gasteiger partial charge in [-0.1, -0.05) is 12.8 Å². The summed E-state index contributed by atoms with van der Waals surface area (Å²) in [6, 6.07) is -0.365. The van der Waals surface area contributed by atoms with E-state index in [4.69, 9.17) is 9.15 Å². The Hall–Kier alpha value is -3.88. The Labute approximate surface area is 212 Å². The lowest BCUT2D eigenvalue weighted by Gasteiger charge is -2.25. The largest absolute Gasteiger partial charge is 0.491 e. The lowest BCUT2D eigenvalue weighted by molar-refractivity contribution is -0.207. The highest BCUT2D eigenvalue weighted by Gasteiger charge is 2.45. The van der Waals surface area contributed by atoms with E-state index in [1.54, 1.807) is 4.90 Å². The Morgan fingerprint density at radius 2 is 2.00 bits per heavy atom. The number of halogens is 3. The molecule has 1 N–H and O–H groups in total. The second kappa shape index (κ2) is 8.85. The molecule has 0 radical (unpaired) electrons. The van der Waals surface area contributed by atoms with Crippen molar-refractivity contribution in [3.63, 3.8) is 0 Å². The van der Waals surface area contributed by atoms with Crippen molar-refractivity contribution < 1.29 is 27.1 Å². The number of carbonyl (C=O) groups excluding carboxylic acids is 1. The zero-order valence-corrected chi connectivity index (χ0v) is 20.3. The predicted octanol–water partition coefficient (Wildman–Crippen LogP) is 1.72. The molecule has 0 saturated heterocycles. The number of imidazole rings is 1. The molecular weight excluding hydrogens is 511 g/mol. The highest BCUT2D eigenvalue weighted by atomic mass is 19.4. The number of ether oxygens (including phenoxy) is 1. The molecule has 5 heterocycles. The number of hydrogen-bond donors (Lipinski definition) is 1. The number of nitrogens with zero attached hydrogens (tertiary/aromatic N) is 6. The highest BCUT2D eigenvalue weighted by molar-refractivity contribution is 5.78. The molecule has 1 fully saturated rings. The van der Waals surface area contributed by atoms with Crippen LogP contribution in [0.15, 0.2) is 37.7 Å². The van der Waals surface area contributed by atoms with E-state index >= 15 is 0 Å². The van der Waals surface area contributed by atoms with E-state index in [-0.39, 0.29) is 29.0 Å². The maximum Gasteiger partial charge on any atom is 0.491 e. The molecule has 3 aromatic heterocycles. The van der Waals surface area contributed by atoms with Gasteiger partial charge in [-0.3, -0.25) is 18.5 Å². The first kappa shape index (κ1) is 24.5. The van der Waals surface area contributed by atoms with E-state index in [9.17, 15) is 27.6 Å². The van der Waals surface area contributed by atoms with Crippen molar-refractivity contribution in [3.05, 3.63) is 50.5 Å². The van der Waals surface area contributed by atoms with Crippen molar-refractivity contribution in [1.29, 1.82) is 0 Å². The van der Waals surface area contributed by atoms with Crippen molar-refractivity contribution in [3.8, 4) is 0 Å². The molecule has 202 valence electrons. The van der Waals surface area contributed by atoms with Crippen LogP contribution >= 0.6 is 0 Å². The van der Waals surface area contributed by atoms with Crippen LogP contribution in [0.5, 0.6) is 0 Å². The molecule has 0 spiro atoms. The molecule has 1 unspecified atom stereocenters. The fourth-order valence-electron chi connectivity index (χ4n) is 5.61. The summed E-state index contributed by atoms with van der Waals surface area (Å²) < 4.78 is 53.7. The fraction of sp³-hybridized carbons (Fsp3) is 0.522. The minimum atomic E-state index is -5.32. The van der Waals surface area contributed by atoms with Gasteiger partial charge in [0.1, 0.15) is 6.26 Å². The van der Waals surface area contributed by atoms with Crippen LogP contribution in [0, 0.1) is 0 Å². The molecule has 1 saturated carbocycles. The smallest absolute Gasteiger partial charge is 0.444 e. The quantitative estimate of drug-likeness (QED) is 0.486. The number of hydrogen-bond acceptors (Lipinski definition) is 9. The number of anilines is 1. The number of fused-ring (bicyclic) bond motifs is 1. The fourth-order valence-corrected chi connectivity index (χ4v) is 5.61. The topological polar surface area (TPSA) is 129 Å². The lowest BCUT2D eigenvalue weighted by Crippen LogP contribution is -2.42. The van der Waals surface area contributed by atoms with Crippen LogP contribution in [0.3, 0.4) is 0 Å². The van der Waals surface area contributed by atoms with Gasteiger partial charge in [-0.05, 0) is 24.8 Å². The molecule has 0 bridgehead atoms. The second-order valence-electron chi connectivity index (χ2n) is 9.59. The number of rotatable bonds is 5. The van der Waals surface area contributed by atoms with E-state index < -0.39 is 29.6 Å². The number of aromatic nitrogens is 5. The van der Waals surface area contributed by atoms with E-state index in [1.165, 1.54) is 17.8 Å². The molecular formula is C23H24F3N7O5. The lowest BCUT2D eigenvalue weighted by atomic mass is 10.2. The first-order valence-electron chi connectivity index (χ1n) is 12.3. The summed E-state index contributed by atoms with van der Waals surface area (Å²) in [7, 11) is 1.45. The Balaban J connectivity index is 1.65. The first-order valence-corrected chi connectivity index (χ1v) is 12.3. The van der Waals surface area contributed by atoms with Crippen molar-refractivity contribution in [2.24, 2.45) is 7.05 Å². The van der Waals surface area contributed by atoms with Gasteiger partial charge in [0, 0.05) is 38.4 Å². The molecule has 12 nitrogen and oxygen atoms in total. The average Bonchev–Trinajstić information content (AvgIpc) is 3.69. The van der Waals surface area contributed by atoms with Crippen LogP contribution in [0.25, 0.3) is 11.2 Å². The molecule has 1 atom stereocenters. The standard InChI is InChI=1S/C23H24F3N7O5/c1-30-16-15(18(34)32(22(30)36)13-4-2-3-5-13)33(21(29-16)31-8-6-12-10-27-11-14(12)31)19(17-28-7-9-37-17)38-20(35)23(24,25)26/h7,9,13,19,27H,2-6,8,10-11H2,1H3.